The van der Waals surface area contributed by atoms with Crippen molar-refractivity contribution in [2.45, 2.75) is 6.54 Å². The van der Waals surface area contributed by atoms with Crippen LogP contribution in [0.5, 0.6) is 0 Å². The van der Waals surface area contributed by atoms with Gasteiger partial charge in [-0.15, -0.1) is 12.4 Å². The molecule has 2 heterocycles. The van der Waals surface area contributed by atoms with E-state index in [4.69, 9.17) is 0 Å². The Morgan fingerprint density at radius 3 is 2.48 bits per heavy atom. The molecule has 7 heteroatoms. The topological polar surface area (TPSA) is 46.7 Å². The molecule has 5 rings (SSSR count). The lowest BCUT2D eigenvalue weighted by Gasteiger charge is -2.12. The van der Waals surface area contributed by atoms with E-state index in [1.165, 1.54) is 4.57 Å². The van der Waals surface area contributed by atoms with Crippen molar-refractivity contribution < 1.29 is 0 Å². The largest absolute Gasteiger partial charge is 0.336 e. The Hall–Kier alpha value is -2.41. The second kappa shape index (κ2) is 7.13. The standard InChI is InChI=1S/C22H18BrN3O2.ClH/c1-24(2)10-11-25-21(27)17-5-3-4-16-19-15-8-7-14(23)12-13(15)6-9-18(19)26(20(16)17)22(25)28;/h3-9,12H,10-11H2,1-2H3;1H. The van der Waals surface area contributed by atoms with E-state index in [2.05, 4.69) is 28.1 Å². The second-order valence-electron chi connectivity index (χ2n) is 7.40. The first-order chi connectivity index (χ1) is 13.5. The molecule has 0 saturated carbocycles. The fourth-order valence-corrected chi connectivity index (χ4v) is 4.47. The molecular formula is C22H19BrClN3O2. The molecule has 0 bridgehead atoms. The number of hydrogen-bond acceptors (Lipinski definition) is 3. The number of halogens is 2. The highest BCUT2D eigenvalue weighted by Crippen LogP contribution is 2.35. The van der Waals surface area contributed by atoms with E-state index in [9.17, 15) is 9.59 Å². The van der Waals surface area contributed by atoms with Crippen LogP contribution in [0.15, 0.2) is 62.6 Å². The molecule has 2 aromatic heterocycles. The minimum absolute atomic E-state index is 0. The Kier molecular flexibility index (Phi) is 4.89. The van der Waals surface area contributed by atoms with Crippen molar-refractivity contribution in [1.82, 2.24) is 13.9 Å². The third-order valence-corrected chi connectivity index (χ3v) is 5.89. The zero-order valence-electron chi connectivity index (χ0n) is 16.0. The zero-order chi connectivity index (χ0) is 19.6. The number of rotatable bonds is 3. The number of benzene rings is 3. The van der Waals surface area contributed by atoms with Crippen molar-refractivity contribution in [3.63, 3.8) is 0 Å². The van der Waals surface area contributed by atoms with E-state index in [1.54, 1.807) is 4.40 Å². The summed E-state index contributed by atoms with van der Waals surface area (Å²) in [5, 5.41) is 4.70. The molecule has 3 aromatic carbocycles. The van der Waals surface area contributed by atoms with Crippen LogP contribution in [0.2, 0.25) is 0 Å². The van der Waals surface area contributed by atoms with Crippen LogP contribution in [0.1, 0.15) is 0 Å². The predicted octanol–water partition coefficient (Wildman–Crippen LogP) is 4.10. The minimum Gasteiger partial charge on any atom is -0.308 e. The molecule has 0 aliphatic heterocycles. The molecule has 0 unspecified atom stereocenters. The third-order valence-electron chi connectivity index (χ3n) is 5.40. The quantitative estimate of drug-likeness (QED) is 0.397. The van der Waals surface area contributed by atoms with Gasteiger partial charge in [0, 0.05) is 28.3 Å². The van der Waals surface area contributed by atoms with E-state index in [-0.39, 0.29) is 23.7 Å². The van der Waals surface area contributed by atoms with E-state index >= 15 is 0 Å². The van der Waals surface area contributed by atoms with E-state index in [1.807, 2.05) is 55.4 Å². The first-order valence-corrected chi connectivity index (χ1v) is 9.93. The van der Waals surface area contributed by atoms with Gasteiger partial charge in [-0.2, -0.15) is 0 Å². The summed E-state index contributed by atoms with van der Waals surface area (Å²) in [4.78, 5) is 28.4. The zero-order valence-corrected chi connectivity index (χ0v) is 18.4. The van der Waals surface area contributed by atoms with Crippen molar-refractivity contribution in [3.8, 4) is 0 Å². The molecule has 0 amide bonds. The van der Waals surface area contributed by atoms with Gasteiger partial charge in [0.15, 0.2) is 0 Å². The number of likely N-dealkylation sites (N-methyl/N-ethyl adjacent to an activating group) is 1. The summed E-state index contributed by atoms with van der Waals surface area (Å²) in [6.45, 7) is 0.986. The third kappa shape index (κ3) is 2.86. The van der Waals surface area contributed by atoms with Crippen LogP contribution in [-0.4, -0.2) is 34.5 Å². The number of nitrogens with zero attached hydrogens (tertiary/aromatic N) is 3. The predicted molar refractivity (Wildman–Crippen MR) is 125 cm³/mol. The van der Waals surface area contributed by atoms with E-state index < -0.39 is 0 Å². The van der Waals surface area contributed by atoms with Crippen LogP contribution in [-0.2, 0) is 6.54 Å². The highest BCUT2D eigenvalue weighted by atomic mass is 79.9. The maximum atomic E-state index is 13.3. The van der Waals surface area contributed by atoms with Crippen molar-refractivity contribution in [1.29, 1.82) is 0 Å². The summed E-state index contributed by atoms with van der Waals surface area (Å²) in [7, 11) is 3.86. The molecule has 0 saturated heterocycles. The minimum atomic E-state index is -0.276. The average Bonchev–Trinajstić information content (AvgIpc) is 3.01. The molecule has 29 heavy (non-hydrogen) atoms. The van der Waals surface area contributed by atoms with Crippen LogP contribution in [0.4, 0.5) is 0 Å². The summed E-state index contributed by atoms with van der Waals surface area (Å²) >= 11 is 3.53. The van der Waals surface area contributed by atoms with E-state index in [0.29, 0.717) is 24.0 Å². The van der Waals surface area contributed by atoms with Gasteiger partial charge in [0.25, 0.3) is 5.56 Å². The Morgan fingerprint density at radius 2 is 1.72 bits per heavy atom. The smallest absolute Gasteiger partial charge is 0.308 e. The first-order valence-electron chi connectivity index (χ1n) is 9.13. The van der Waals surface area contributed by atoms with Crippen LogP contribution < -0.4 is 11.2 Å². The second-order valence-corrected chi connectivity index (χ2v) is 8.32. The number of aromatic nitrogens is 2. The van der Waals surface area contributed by atoms with Crippen LogP contribution in [0, 0.1) is 0 Å². The van der Waals surface area contributed by atoms with Gasteiger partial charge >= 0.3 is 5.69 Å². The molecule has 0 aliphatic rings. The monoisotopic (exact) mass is 471 g/mol. The molecule has 5 nitrogen and oxygen atoms in total. The van der Waals surface area contributed by atoms with Gasteiger partial charge in [-0.05, 0) is 49.1 Å². The molecule has 0 atom stereocenters. The SMILES string of the molecule is CN(C)CCn1c(=O)c2cccc3c4c5ccc(Br)cc5ccc4n(c1=O)c23.Cl. The van der Waals surface area contributed by atoms with Crippen LogP contribution in [0.25, 0.3) is 38.0 Å². The summed E-state index contributed by atoms with van der Waals surface area (Å²) in [5.41, 5.74) is 1.05. The lowest BCUT2D eigenvalue weighted by atomic mass is 10.0. The fourth-order valence-electron chi connectivity index (χ4n) is 4.09. The van der Waals surface area contributed by atoms with Gasteiger partial charge in [0.2, 0.25) is 0 Å². The Balaban J connectivity index is 0.00000205. The molecule has 0 fully saturated rings. The van der Waals surface area contributed by atoms with Crippen molar-refractivity contribution in [2.75, 3.05) is 20.6 Å². The molecule has 5 aromatic rings. The number of para-hydroxylation sites is 1. The Morgan fingerprint density at radius 1 is 0.966 bits per heavy atom. The van der Waals surface area contributed by atoms with Gasteiger partial charge in [0.1, 0.15) is 0 Å². The molecule has 0 spiro atoms. The molecule has 0 radical (unpaired) electrons. The lowest BCUT2D eigenvalue weighted by molar-refractivity contribution is 0.376. The van der Waals surface area contributed by atoms with Crippen molar-refractivity contribution >= 4 is 66.3 Å². The molecule has 0 aliphatic carbocycles. The van der Waals surface area contributed by atoms with Crippen LogP contribution in [0.3, 0.4) is 0 Å². The number of hydrogen-bond donors (Lipinski definition) is 0. The maximum absolute atomic E-state index is 13.3. The lowest BCUT2D eigenvalue weighted by Crippen LogP contribution is -2.39. The first kappa shape index (κ1) is 19.9. The van der Waals surface area contributed by atoms with E-state index in [0.717, 1.165) is 31.5 Å². The summed E-state index contributed by atoms with van der Waals surface area (Å²) in [6, 6.07) is 15.8. The Labute approximate surface area is 181 Å². The summed E-state index contributed by atoms with van der Waals surface area (Å²) < 4.78 is 4.07. The van der Waals surface area contributed by atoms with Crippen molar-refractivity contribution in [3.05, 3.63) is 73.8 Å². The van der Waals surface area contributed by atoms with Gasteiger partial charge in [-0.1, -0.05) is 40.2 Å². The molecule has 148 valence electrons. The Bertz CT molecular complexity index is 1500. The molecular weight excluding hydrogens is 454 g/mol. The molecule has 0 N–H and O–H groups in total. The normalized spacial score (nSPS) is 11.9. The van der Waals surface area contributed by atoms with Gasteiger partial charge in [0.05, 0.1) is 16.4 Å². The average molecular weight is 473 g/mol. The maximum Gasteiger partial charge on any atom is 0.336 e. The highest BCUT2D eigenvalue weighted by Gasteiger charge is 2.19. The van der Waals surface area contributed by atoms with Crippen molar-refractivity contribution in [2.24, 2.45) is 0 Å². The number of fused-ring (bicyclic) bond motifs is 5. The summed E-state index contributed by atoms with van der Waals surface area (Å²) in [5.74, 6) is 0. The van der Waals surface area contributed by atoms with Gasteiger partial charge in [-0.3, -0.25) is 13.8 Å². The van der Waals surface area contributed by atoms with Gasteiger partial charge in [-0.25, -0.2) is 4.79 Å². The summed E-state index contributed by atoms with van der Waals surface area (Å²) in [6.07, 6.45) is 0. The highest BCUT2D eigenvalue weighted by molar-refractivity contribution is 9.10. The van der Waals surface area contributed by atoms with Gasteiger partial charge < -0.3 is 4.90 Å². The van der Waals surface area contributed by atoms with Crippen LogP contribution >= 0.6 is 28.3 Å². The fraction of sp³-hybridized carbons (Fsp3) is 0.182.